The predicted molar refractivity (Wildman–Crippen MR) is 56.4 cm³/mol. The zero-order valence-corrected chi connectivity index (χ0v) is 8.44. The quantitative estimate of drug-likeness (QED) is 0.710. The predicted octanol–water partition coefficient (Wildman–Crippen LogP) is 2.62. The molecule has 15 heavy (non-hydrogen) atoms. The van der Waals surface area contributed by atoms with Crippen LogP contribution in [0.2, 0.25) is 0 Å². The minimum Gasteiger partial charge on any atom is -0.461 e. The second-order valence-corrected chi connectivity index (χ2v) is 3.85. The van der Waals surface area contributed by atoms with Crippen LogP contribution >= 0.6 is 0 Å². The Labute approximate surface area is 88.2 Å². The van der Waals surface area contributed by atoms with E-state index < -0.39 is 0 Å². The van der Waals surface area contributed by atoms with Crippen molar-refractivity contribution in [3.63, 3.8) is 0 Å². The van der Waals surface area contributed by atoms with Crippen LogP contribution in [0.5, 0.6) is 0 Å². The SMILES string of the molecule is c1coc(-c2ncc3c(n2)CCCC3)c1. The maximum atomic E-state index is 5.29. The lowest BCUT2D eigenvalue weighted by molar-refractivity contribution is 0.574. The Kier molecular flexibility index (Phi) is 2.02. The first-order valence-corrected chi connectivity index (χ1v) is 5.32. The highest BCUT2D eigenvalue weighted by Crippen LogP contribution is 2.22. The van der Waals surface area contributed by atoms with Crippen LogP contribution in [0, 0.1) is 0 Å². The molecule has 0 atom stereocenters. The van der Waals surface area contributed by atoms with Crippen LogP contribution in [-0.2, 0) is 12.8 Å². The van der Waals surface area contributed by atoms with E-state index in [1.807, 2.05) is 18.3 Å². The minimum absolute atomic E-state index is 0.709. The molecule has 1 aliphatic rings. The summed E-state index contributed by atoms with van der Waals surface area (Å²) in [6, 6.07) is 3.75. The molecule has 0 unspecified atom stereocenters. The third-order valence-electron chi connectivity index (χ3n) is 2.81. The molecule has 76 valence electrons. The number of aromatic nitrogens is 2. The monoisotopic (exact) mass is 200 g/mol. The number of furan rings is 1. The highest BCUT2D eigenvalue weighted by molar-refractivity contribution is 5.46. The van der Waals surface area contributed by atoms with Gasteiger partial charge in [0.15, 0.2) is 11.6 Å². The molecule has 0 amide bonds. The van der Waals surface area contributed by atoms with Crippen molar-refractivity contribution < 1.29 is 4.42 Å². The van der Waals surface area contributed by atoms with Crippen molar-refractivity contribution in [2.45, 2.75) is 25.7 Å². The highest BCUT2D eigenvalue weighted by Gasteiger charge is 2.13. The van der Waals surface area contributed by atoms with Gasteiger partial charge >= 0.3 is 0 Å². The fraction of sp³-hybridized carbons (Fsp3) is 0.333. The van der Waals surface area contributed by atoms with E-state index in [9.17, 15) is 0 Å². The molecule has 0 saturated heterocycles. The Hall–Kier alpha value is -1.64. The molecular formula is C12H12N2O. The Morgan fingerprint density at radius 2 is 2.13 bits per heavy atom. The molecule has 0 spiro atoms. The lowest BCUT2D eigenvalue weighted by Gasteiger charge is -2.13. The second kappa shape index (κ2) is 3.50. The molecule has 0 radical (unpaired) electrons. The van der Waals surface area contributed by atoms with Gasteiger partial charge < -0.3 is 4.42 Å². The van der Waals surface area contributed by atoms with Crippen LogP contribution in [0.4, 0.5) is 0 Å². The average molecular weight is 200 g/mol. The number of hydrogen-bond donors (Lipinski definition) is 0. The Morgan fingerprint density at radius 1 is 1.20 bits per heavy atom. The van der Waals surface area contributed by atoms with Crippen molar-refractivity contribution in [3.05, 3.63) is 35.9 Å². The van der Waals surface area contributed by atoms with Gasteiger partial charge in [-0.25, -0.2) is 9.97 Å². The van der Waals surface area contributed by atoms with Gasteiger partial charge in [0.05, 0.1) is 6.26 Å². The van der Waals surface area contributed by atoms with E-state index >= 15 is 0 Å². The maximum absolute atomic E-state index is 5.29. The van der Waals surface area contributed by atoms with Crippen molar-refractivity contribution in [2.24, 2.45) is 0 Å². The van der Waals surface area contributed by atoms with E-state index in [4.69, 9.17) is 4.42 Å². The van der Waals surface area contributed by atoms with E-state index in [1.165, 1.54) is 24.1 Å². The fourth-order valence-corrected chi connectivity index (χ4v) is 2.00. The number of fused-ring (bicyclic) bond motifs is 1. The molecule has 0 fully saturated rings. The van der Waals surface area contributed by atoms with Crippen LogP contribution in [0.25, 0.3) is 11.6 Å². The molecule has 2 aromatic heterocycles. The van der Waals surface area contributed by atoms with Gasteiger partial charge in [0.2, 0.25) is 0 Å². The first-order chi connectivity index (χ1) is 7.43. The summed E-state index contributed by atoms with van der Waals surface area (Å²) in [6.45, 7) is 0. The standard InChI is InChI=1S/C12H12N2O/c1-2-5-10-9(4-1)8-13-12(14-10)11-6-3-7-15-11/h3,6-8H,1-2,4-5H2. The topological polar surface area (TPSA) is 38.9 Å². The van der Waals surface area contributed by atoms with Gasteiger partial charge in [0, 0.05) is 11.9 Å². The summed E-state index contributed by atoms with van der Waals surface area (Å²) >= 11 is 0. The van der Waals surface area contributed by atoms with Crippen molar-refractivity contribution >= 4 is 0 Å². The van der Waals surface area contributed by atoms with Gasteiger partial charge in [-0.15, -0.1) is 0 Å². The van der Waals surface area contributed by atoms with E-state index in [0.29, 0.717) is 5.82 Å². The molecule has 0 N–H and O–H groups in total. The zero-order chi connectivity index (χ0) is 10.1. The molecule has 0 aliphatic heterocycles. The third kappa shape index (κ3) is 1.54. The maximum Gasteiger partial charge on any atom is 0.195 e. The van der Waals surface area contributed by atoms with E-state index in [1.54, 1.807) is 6.26 Å². The van der Waals surface area contributed by atoms with Gasteiger partial charge in [-0.1, -0.05) is 0 Å². The van der Waals surface area contributed by atoms with Crippen LogP contribution in [0.15, 0.2) is 29.0 Å². The first-order valence-electron chi connectivity index (χ1n) is 5.32. The smallest absolute Gasteiger partial charge is 0.195 e. The zero-order valence-electron chi connectivity index (χ0n) is 8.44. The van der Waals surface area contributed by atoms with Crippen LogP contribution in [0.1, 0.15) is 24.1 Å². The number of aryl methyl sites for hydroxylation is 2. The largest absolute Gasteiger partial charge is 0.461 e. The van der Waals surface area contributed by atoms with Gasteiger partial charge in [0.25, 0.3) is 0 Å². The fourth-order valence-electron chi connectivity index (χ4n) is 2.00. The summed E-state index contributed by atoms with van der Waals surface area (Å²) in [6.07, 6.45) is 8.29. The van der Waals surface area contributed by atoms with Crippen molar-refractivity contribution in [2.75, 3.05) is 0 Å². The summed E-state index contributed by atoms with van der Waals surface area (Å²) in [4.78, 5) is 8.88. The summed E-state index contributed by atoms with van der Waals surface area (Å²) in [5.74, 6) is 1.46. The Bertz CT molecular complexity index is 462. The summed E-state index contributed by atoms with van der Waals surface area (Å²) < 4.78 is 5.29. The van der Waals surface area contributed by atoms with E-state index in [2.05, 4.69) is 9.97 Å². The first kappa shape index (κ1) is 8.65. The van der Waals surface area contributed by atoms with Crippen LogP contribution in [-0.4, -0.2) is 9.97 Å². The molecule has 0 bridgehead atoms. The molecule has 0 aromatic carbocycles. The van der Waals surface area contributed by atoms with Crippen molar-refractivity contribution in [1.29, 1.82) is 0 Å². The lowest BCUT2D eigenvalue weighted by atomic mass is 9.97. The normalized spacial score (nSPS) is 14.9. The second-order valence-electron chi connectivity index (χ2n) is 3.85. The minimum atomic E-state index is 0.709. The molecule has 1 aliphatic carbocycles. The van der Waals surface area contributed by atoms with Crippen molar-refractivity contribution in [1.82, 2.24) is 9.97 Å². The van der Waals surface area contributed by atoms with Gasteiger partial charge in [0.1, 0.15) is 0 Å². The number of rotatable bonds is 1. The van der Waals surface area contributed by atoms with E-state index in [-0.39, 0.29) is 0 Å². The Balaban J connectivity index is 2.04. The molecular weight excluding hydrogens is 188 g/mol. The van der Waals surface area contributed by atoms with Crippen molar-refractivity contribution in [3.8, 4) is 11.6 Å². The van der Waals surface area contributed by atoms with E-state index in [0.717, 1.165) is 18.6 Å². The lowest BCUT2D eigenvalue weighted by Crippen LogP contribution is -2.07. The van der Waals surface area contributed by atoms with Gasteiger partial charge in [-0.2, -0.15) is 0 Å². The number of nitrogens with zero attached hydrogens (tertiary/aromatic N) is 2. The summed E-state index contributed by atoms with van der Waals surface area (Å²) in [5, 5.41) is 0. The van der Waals surface area contributed by atoms with Gasteiger partial charge in [-0.3, -0.25) is 0 Å². The molecule has 2 aromatic rings. The molecule has 2 heterocycles. The summed E-state index contributed by atoms with van der Waals surface area (Å²) in [5.41, 5.74) is 2.50. The van der Waals surface area contributed by atoms with Crippen LogP contribution in [0.3, 0.4) is 0 Å². The molecule has 0 saturated carbocycles. The molecule has 3 nitrogen and oxygen atoms in total. The van der Waals surface area contributed by atoms with Crippen LogP contribution < -0.4 is 0 Å². The Morgan fingerprint density at radius 3 is 3.00 bits per heavy atom. The molecule has 3 rings (SSSR count). The van der Waals surface area contributed by atoms with Gasteiger partial charge in [-0.05, 0) is 43.4 Å². The summed E-state index contributed by atoms with van der Waals surface area (Å²) in [7, 11) is 0. The average Bonchev–Trinajstić information content (AvgIpc) is 2.82. The number of hydrogen-bond acceptors (Lipinski definition) is 3. The molecule has 3 heteroatoms. The third-order valence-corrected chi connectivity index (χ3v) is 2.81. The highest BCUT2D eigenvalue weighted by atomic mass is 16.3.